The number of carbonyl (C=O) groups is 2. The molecule has 1 N–H and O–H groups in total. The zero-order chi connectivity index (χ0) is 50.5. The molecule has 18 nitrogen and oxygen atoms in total. The number of hydrogen-bond acceptors (Lipinski definition) is 16. The molecule has 4 saturated heterocycles. The fourth-order valence-electron chi connectivity index (χ4n) is 10.4. The zero-order valence-electron chi connectivity index (χ0n) is 45.5. The van der Waals surface area contributed by atoms with Crippen LogP contribution in [-0.2, 0) is 35.4 Å². The minimum absolute atomic E-state index is 0. The molecule has 9 rings (SSSR count). The smallest absolute Gasteiger partial charge is 0.410 e. The number of hydrogen-bond donors (Lipinski definition) is 1. The summed E-state index contributed by atoms with van der Waals surface area (Å²) in [5.41, 5.74) is 6.14. The Hall–Kier alpha value is -4.50. The number of carbonyl (C=O) groups excluding carboxylic acids is 2. The lowest BCUT2D eigenvalue weighted by atomic mass is 9.98. The van der Waals surface area contributed by atoms with Crippen molar-refractivity contribution in [1.82, 2.24) is 44.9 Å². The Bertz CT molecular complexity index is 2300. The molecule has 2 atom stereocenters. The maximum Gasteiger partial charge on any atom is 0.410 e. The summed E-state index contributed by atoms with van der Waals surface area (Å²) in [6.07, 6.45) is 5.99. The summed E-state index contributed by atoms with van der Waals surface area (Å²) in [5.74, 6) is 2.37. The second kappa shape index (κ2) is 25.4. The number of rotatable bonds is 10. The van der Waals surface area contributed by atoms with Crippen molar-refractivity contribution in [3.63, 3.8) is 0 Å². The summed E-state index contributed by atoms with van der Waals surface area (Å²) < 4.78 is 23.5. The first-order valence-corrected chi connectivity index (χ1v) is 26.3. The highest BCUT2D eigenvalue weighted by Gasteiger charge is 2.33. The molecule has 73 heavy (non-hydrogen) atoms. The van der Waals surface area contributed by atoms with E-state index in [9.17, 15) is 9.59 Å². The van der Waals surface area contributed by atoms with Crippen molar-refractivity contribution in [2.45, 2.75) is 136 Å². The summed E-state index contributed by atoms with van der Waals surface area (Å²) >= 11 is 0. The average molecular weight is 1050 g/mol. The van der Waals surface area contributed by atoms with E-state index in [1.54, 1.807) is 9.80 Å². The van der Waals surface area contributed by atoms with Gasteiger partial charge in [0.15, 0.2) is 0 Å². The third-order valence-electron chi connectivity index (χ3n) is 14.4. The molecule has 406 valence electrons. The predicted octanol–water partition coefficient (Wildman–Crippen LogP) is 6.57. The van der Waals surface area contributed by atoms with Crippen molar-refractivity contribution >= 4 is 56.5 Å². The summed E-state index contributed by atoms with van der Waals surface area (Å²) in [5, 5.41) is 3.40. The molecule has 6 aliphatic rings. The first kappa shape index (κ1) is 57.8. The molecular weight excluding hydrogens is 965 g/mol. The van der Waals surface area contributed by atoms with Gasteiger partial charge in [-0.2, -0.15) is 46.9 Å². The highest BCUT2D eigenvalue weighted by Crippen LogP contribution is 2.35. The Morgan fingerprint density at radius 1 is 0.630 bits per heavy atom. The molecule has 0 saturated carbocycles. The molecule has 1 aromatic carbocycles. The second-order valence-electron chi connectivity index (χ2n) is 22.4. The lowest BCUT2D eigenvalue weighted by Crippen LogP contribution is -2.50. The molecule has 0 bridgehead atoms. The van der Waals surface area contributed by atoms with Crippen molar-refractivity contribution in [1.29, 1.82) is 0 Å². The van der Waals surface area contributed by atoms with Gasteiger partial charge in [-0.15, -0.1) is 0 Å². The molecule has 20 heteroatoms. The Kier molecular flexibility index (Phi) is 20.1. The van der Waals surface area contributed by atoms with E-state index < -0.39 is 11.2 Å². The van der Waals surface area contributed by atoms with Crippen LogP contribution in [0.1, 0.15) is 115 Å². The van der Waals surface area contributed by atoms with Crippen molar-refractivity contribution in [3.8, 4) is 12.0 Å². The molecule has 3 aromatic rings. The van der Waals surface area contributed by atoms with Crippen LogP contribution < -0.4 is 29.5 Å². The minimum atomic E-state index is -0.500. The first-order chi connectivity index (χ1) is 33.9. The lowest BCUT2D eigenvalue weighted by Gasteiger charge is -2.38. The molecule has 6 aliphatic heterocycles. The van der Waals surface area contributed by atoms with E-state index in [2.05, 4.69) is 82.0 Å². The largest absolute Gasteiger partial charge is 0.462 e. The first-order valence-electron chi connectivity index (χ1n) is 26.3. The van der Waals surface area contributed by atoms with Gasteiger partial charge in [0.25, 0.3) is 0 Å². The SMILES string of the molecule is CC(C)c1ccccc1N1CCc2c(nc(OCC3CCCN3C)nc2N2CCN(C(=O)OC(C)(C)C)CC2)C1.CN1CCCC1COc1nc2c(c(N3CCN(C(=O)OC(C)(C)C)CC3)n1)CCNC2.S.S. The monoisotopic (exact) mass is 1050 g/mol. The number of likely N-dealkylation sites (N-methyl/N-ethyl adjacent to an activating group) is 2. The fraction of sp³-hybridized carbons (Fsp3) is 0.698. The molecule has 0 aliphatic carbocycles. The van der Waals surface area contributed by atoms with Crippen LogP contribution in [0.25, 0.3) is 0 Å². The third-order valence-corrected chi connectivity index (χ3v) is 14.4. The van der Waals surface area contributed by atoms with Gasteiger partial charge in [-0.25, -0.2) is 9.59 Å². The molecule has 2 amide bonds. The molecule has 2 aromatic heterocycles. The van der Waals surface area contributed by atoms with Crippen LogP contribution in [0.2, 0.25) is 0 Å². The standard InChI is InChI=1S/C31H46N6O3.C22H36N6O3.2H2S/c1-22(2)24-11-7-8-12-27(24)37-15-13-25-26(20-37)32-29(39-21-23-10-9-14-34(23)6)33-28(25)35-16-18-36(19-17-35)30(38)40-31(3,4)5;1-22(2,3)31-21(29)28-12-10-27(11-13-28)19-17-7-8-23-14-18(17)24-20(25-19)30-15-16-6-5-9-26(16)4;;/h7-8,11-12,22-23H,9-10,13-21H2,1-6H3;16,23H,5-15H2,1-4H3;2*1H2. The molecule has 4 fully saturated rings. The van der Waals surface area contributed by atoms with Gasteiger partial charge in [-0.05, 0) is 131 Å². The van der Waals surface area contributed by atoms with Gasteiger partial charge < -0.3 is 58.6 Å². The normalized spacial score (nSPS) is 20.6. The van der Waals surface area contributed by atoms with Crippen molar-refractivity contribution in [2.75, 3.05) is 121 Å². The highest BCUT2D eigenvalue weighted by atomic mass is 32.1. The summed E-state index contributed by atoms with van der Waals surface area (Å²) in [4.78, 5) is 59.9. The van der Waals surface area contributed by atoms with Gasteiger partial charge in [0, 0.05) is 94.3 Å². The van der Waals surface area contributed by atoms with Crippen LogP contribution in [0.5, 0.6) is 12.0 Å². The van der Waals surface area contributed by atoms with Crippen molar-refractivity contribution < 1.29 is 28.5 Å². The average Bonchev–Trinajstić information content (AvgIpc) is 3.97. The number of para-hydroxylation sites is 1. The number of ether oxygens (including phenoxy) is 4. The third kappa shape index (κ3) is 15.1. The van der Waals surface area contributed by atoms with Gasteiger partial charge >= 0.3 is 24.2 Å². The number of fused-ring (bicyclic) bond motifs is 2. The zero-order valence-corrected chi connectivity index (χ0v) is 47.5. The number of likely N-dealkylation sites (tertiary alicyclic amines) is 2. The Morgan fingerprint density at radius 2 is 1.11 bits per heavy atom. The van der Waals surface area contributed by atoms with Crippen LogP contribution in [0.15, 0.2) is 24.3 Å². The van der Waals surface area contributed by atoms with Gasteiger partial charge in [0.2, 0.25) is 0 Å². The van der Waals surface area contributed by atoms with E-state index in [0.29, 0.717) is 82.5 Å². The maximum absolute atomic E-state index is 12.7. The van der Waals surface area contributed by atoms with E-state index in [4.69, 9.17) is 38.9 Å². The number of benzene rings is 1. The summed E-state index contributed by atoms with van der Waals surface area (Å²) in [6.45, 7) is 27.9. The molecule has 0 radical (unpaired) electrons. The predicted molar refractivity (Wildman–Crippen MR) is 298 cm³/mol. The fourth-order valence-corrected chi connectivity index (χ4v) is 10.4. The Morgan fingerprint density at radius 3 is 1.58 bits per heavy atom. The summed E-state index contributed by atoms with van der Waals surface area (Å²) in [6, 6.07) is 10.5. The van der Waals surface area contributed by atoms with E-state index in [1.807, 2.05) is 41.5 Å². The highest BCUT2D eigenvalue weighted by molar-refractivity contribution is 7.59. The second-order valence-corrected chi connectivity index (χ2v) is 22.4. The quantitative estimate of drug-likeness (QED) is 0.232. The Balaban J connectivity index is 0.000000239. The van der Waals surface area contributed by atoms with Crippen molar-refractivity contribution in [2.24, 2.45) is 0 Å². The lowest BCUT2D eigenvalue weighted by molar-refractivity contribution is 0.0230. The number of nitrogens with one attached hydrogen (secondary N) is 1. The van der Waals surface area contributed by atoms with Gasteiger partial charge in [0.1, 0.15) is 36.1 Å². The molecule has 2 unspecified atom stereocenters. The van der Waals surface area contributed by atoms with Gasteiger partial charge in [-0.1, -0.05) is 32.0 Å². The molecular formula is C53H86N12O6S2. The number of anilines is 3. The van der Waals surface area contributed by atoms with Crippen molar-refractivity contribution in [3.05, 3.63) is 52.3 Å². The van der Waals surface area contributed by atoms with Crippen LogP contribution >= 0.6 is 27.0 Å². The van der Waals surface area contributed by atoms with Crippen LogP contribution in [0.3, 0.4) is 0 Å². The molecule has 0 spiro atoms. The number of amides is 2. The van der Waals surface area contributed by atoms with E-state index in [1.165, 1.54) is 35.2 Å². The molecule has 8 heterocycles. The van der Waals surface area contributed by atoms with Crippen LogP contribution in [0.4, 0.5) is 26.9 Å². The van der Waals surface area contributed by atoms with Crippen LogP contribution in [0, 0.1) is 0 Å². The number of nitrogens with zero attached hydrogens (tertiary/aromatic N) is 11. The van der Waals surface area contributed by atoms with Crippen LogP contribution in [-0.4, -0.2) is 181 Å². The summed E-state index contributed by atoms with van der Waals surface area (Å²) in [7, 11) is 4.31. The maximum atomic E-state index is 12.7. The topological polar surface area (TPSA) is 157 Å². The van der Waals surface area contributed by atoms with Gasteiger partial charge in [0.05, 0.1) is 17.9 Å². The Labute approximate surface area is 449 Å². The minimum Gasteiger partial charge on any atom is -0.462 e. The van der Waals surface area contributed by atoms with E-state index in [-0.39, 0.29) is 39.2 Å². The van der Waals surface area contributed by atoms with E-state index in [0.717, 1.165) is 101 Å². The van der Waals surface area contributed by atoms with E-state index >= 15 is 0 Å². The number of aromatic nitrogens is 4. The van der Waals surface area contributed by atoms with Gasteiger partial charge in [-0.3, -0.25) is 0 Å². The number of piperazine rings is 2.